The van der Waals surface area contributed by atoms with Crippen LogP contribution >= 0.6 is 0 Å². The number of nitrogens with two attached hydrogens (primary N) is 1. The Bertz CT molecular complexity index is 373. The molecular weight excluding hydrogens is 198 g/mol. The van der Waals surface area contributed by atoms with Gasteiger partial charge in [-0.15, -0.1) is 0 Å². The zero-order chi connectivity index (χ0) is 11.4. The van der Waals surface area contributed by atoms with Crippen molar-refractivity contribution >= 4 is 0 Å². The van der Waals surface area contributed by atoms with Gasteiger partial charge in [-0.25, -0.2) is 0 Å². The first-order valence-electron chi connectivity index (χ1n) is 5.87. The molecule has 0 fully saturated rings. The third kappa shape index (κ3) is 2.52. The Morgan fingerprint density at radius 1 is 1.44 bits per heavy atom. The van der Waals surface area contributed by atoms with Crippen molar-refractivity contribution in [2.45, 2.75) is 25.4 Å². The van der Waals surface area contributed by atoms with E-state index in [4.69, 9.17) is 10.5 Å². The summed E-state index contributed by atoms with van der Waals surface area (Å²) in [6, 6.07) is 8.55. The first-order chi connectivity index (χ1) is 7.81. The lowest BCUT2D eigenvalue weighted by molar-refractivity contribution is 0.0562. The molecule has 0 spiro atoms. The van der Waals surface area contributed by atoms with E-state index in [1.807, 2.05) is 0 Å². The van der Waals surface area contributed by atoms with E-state index in [0.717, 1.165) is 12.0 Å². The Hall–Kier alpha value is -1.12. The summed E-state index contributed by atoms with van der Waals surface area (Å²) < 4.78 is 5.88. The molecule has 0 saturated carbocycles. The first-order valence-corrected chi connectivity index (χ1v) is 5.87. The summed E-state index contributed by atoms with van der Waals surface area (Å²) in [6.45, 7) is 4.95. The highest BCUT2D eigenvalue weighted by molar-refractivity contribution is 5.31. The van der Waals surface area contributed by atoms with Gasteiger partial charge in [0.1, 0.15) is 0 Å². The van der Waals surface area contributed by atoms with E-state index in [-0.39, 0.29) is 6.10 Å². The van der Waals surface area contributed by atoms with E-state index < -0.39 is 0 Å². The summed E-state index contributed by atoms with van der Waals surface area (Å²) >= 11 is 0. The van der Waals surface area contributed by atoms with Gasteiger partial charge in [0, 0.05) is 6.54 Å². The van der Waals surface area contributed by atoms with Gasteiger partial charge < -0.3 is 10.5 Å². The second kappa shape index (κ2) is 5.28. The molecule has 0 bridgehead atoms. The molecule has 1 unspecified atom stereocenters. The molecule has 16 heavy (non-hydrogen) atoms. The summed E-state index contributed by atoms with van der Waals surface area (Å²) in [5.41, 5.74) is 9.24. The average molecular weight is 217 g/mol. The van der Waals surface area contributed by atoms with Crippen LogP contribution in [0.5, 0.6) is 0 Å². The highest BCUT2D eigenvalue weighted by Gasteiger charge is 2.19. The largest absolute Gasteiger partial charge is 0.369 e. The maximum Gasteiger partial charge on any atom is 0.0832 e. The van der Waals surface area contributed by atoms with Gasteiger partial charge in [-0.2, -0.15) is 0 Å². The molecule has 2 nitrogen and oxygen atoms in total. The SMILES string of the molecule is C=C(CN)COC1CCCc2ccccc21. The van der Waals surface area contributed by atoms with E-state index in [9.17, 15) is 0 Å². The Kier molecular flexibility index (Phi) is 3.75. The van der Waals surface area contributed by atoms with Crippen molar-refractivity contribution in [2.24, 2.45) is 5.73 Å². The van der Waals surface area contributed by atoms with Gasteiger partial charge in [0.05, 0.1) is 12.7 Å². The Balaban J connectivity index is 2.04. The molecule has 0 saturated heterocycles. The standard InChI is InChI=1S/C14H19NO/c1-11(9-15)10-16-14-8-4-6-12-5-2-3-7-13(12)14/h2-3,5,7,14H,1,4,6,8-10,15H2. The van der Waals surface area contributed by atoms with Crippen molar-refractivity contribution < 1.29 is 4.74 Å². The number of ether oxygens (including phenoxy) is 1. The summed E-state index contributed by atoms with van der Waals surface area (Å²) in [7, 11) is 0. The van der Waals surface area contributed by atoms with Crippen molar-refractivity contribution in [1.82, 2.24) is 0 Å². The molecule has 1 aromatic carbocycles. The normalized spacial score (nSPS) is 19.2. The molecule has 0 amide bonds. The molecule has 1 aliphatic rings. The highest BCUT2D eigenvalue weighted by atomic mass is 16.5. The third-order valence-electron chi connectivity index (χ3n) is 3.09. The molecule has 2 rings (SSSR count). The number of rotatable bonds is 4. The molecule has 0 heterocycles. The van der Waals surface area contributed by atoms with Crippen molar-refractivity contribution in [3.8, 4) is 0 Å². The Morgan fingerprint density at radius 3 is 3.06 bits per heavy atom. The van der Waals surface area contributed by atoms with Gasteiger partial charge in [-0.05, 0) is 36.0 Å². The minimum Gasteiger partial charge on any atom is -0.369 e. The maximum absolute atomic E-state index is 5.88. The van der Waals surface area contributed by atoms with Gasteiger partial charge in [-0.1, -0.05) is 30.8 Å². The monoisotopic (exact) mass is 217 g/mol. The van der Waals surface area contributed by atoms with Crippen LogP contribution in [0.2, 0.25) is 0 Å². The van der Waals surface area contributed by atoms with Gasteiger partial charge in [0.2, 0.25) is 0 Å². The van der Waals surface area contributed by atoms with Crippen LogP contribution in [-0.4, -0.2) is 13.2 Å². The predicted octanol–water partition coefficient (Wildman–Crippen LogP) is 2.60. The number of benzene rings is 1. The van der Waals surface area contributed by atoms with Crippen molar-refractivity contribution in [3.63, 3.8) is 0 Å². The van der Waals surface area contributed by atoms with Crippen molar-refractivity contribution in [2.75, 3.05) is 13.2 Å². The zero-order valence-electron chi connectivity index (χ0n) is 9.61. The van der Waals surface area contributed by atoms with Crippen LogP contribution in [0.3, 0.4) is 0 Å². The molecule has 1 aromatic rings. The van der Waals surface area contributed by atoms with Crippen LogP contribution in [0, 0.1) is 0 Å². The van der Waals surface area contributed by atoms with Crippen LogP contribution < -0.4 is 5.73 Å². The minimum atomic E-state index is 0.230. The molecule has 1 atom stereocenters. The molecular formula is C14H19NO. The van der Waals surface area contributed by atoms with E-state index in [0.29, 0.717) is 13.2 Å². The fourth-order valence-corrected chi connectivity index (χ4v) is 2.16. The first kappa shape index (κ1) is 11.4. The molecule has 2 N–H and O–H groups in total. The average Bonchev–Trinajstić information content (AvgIpc) is 2.35. The molecule has 0 aliphatic heterocycles. The summed E-state index contributed by atoms with van der Waals surface area (Å²) in [5, 5.41) is 0. The maximum atomic E-state index is 5.88. The van der Waals surface area contributed by atoms with Gasteiger partial charge >= 0.3 is 0 Å². The van der Waals surface area contributed by atoms with Crippen LogP contribution in [0.1, 0.15) is 30.1 Å². The number of fused-ring (bicyclic) bond motifs is 1. The fraction of sp³-hybridized carbons (Fsp3) is 0.429. The lowest BCUT2D eigenvalue weighted by Crippen LogP contribution is -2.16. The second-order valence-corrected chi connectivity index (χ2v) is 4.34. The smallest absolute Gasteiger partial charge is 0.0832 e. The predicted molar refractivity (Wildman–Crippen MR) is 66.3 cm³/mol. The fourth-order valence-electron chi connectivity index (χ4n) is 2.16. The molecule has 86 valence electrons. The zero-order valence-corrected chi connectivity index (χ0v) is 9.61. The van der Waals surface area contributed by atoms with Gasteiger partial charge in [-0.3, -0.25) is 0 Å². The van der Waals surface area contributed by atoms with Crippen LogP contribution in [0.25, 0.3) is 0 Å². The lowest BCUT2D eigenvalue weighted by atomic mass is 9.89. The third-order valence-corrected chi connectivity index (χ3v) is 3.09. The Morgan fingerprint density at radius 2 is 2.25 bits per heavy atom. The van der Waals surface area contributed by atoms with Crippen molar-refractivity contribution in [1.29, 1.82) is 0 Å². The van der Waals surface area contributed by atoms with Crippen molar-refractivity contribution in [3.05, 3.63) is 47.5 Å². The van der Waals surface area contributed by atoms with E-state index >= 15 is 0 Å². The molecule has 1 aliphatic carbocycles. The van der Waals surface area contributed by atoms with E-state index in [1.165, 1.54) is 24.0 Å². The van der Waals surface area contributed by atoms with Gasteiger partial charge in [0.25, 0.3) is 0 Å². The van der Waals surface area contributed by atoms with E-state index in [1.54, 1.807) is 0 Å². The Labute approximate surface area is 97.1 Å². The highest BCUT2D eigenvalue weighted by Crippen LogP contribution is 2.32. The quantitative estimate of drug-likeness (QED) is 0.787. The molecule has 0 radical (unpaired) electrons. The molecule has 2 heteroatoms. The van der Waals surface area contributed by atoms with Crippen LogP contribution in [0.15, 0.2) is 36.4 Å². The topological polar surface area (TPSA) is 35.2 Å². The van der Waals surface area contributed by atoms with Crippen LogP contribution in [-0.2, 0) is 11.2 Å². The molecule has 0 aromatic heterocycles. The lowest BCUT2D eigenvalue weighted by Gasteiger charge is -2.25. The summed E-state index contributed by atoms with van der Waals surface area (Å²) in [4.78, 5) is 0. The van der Waals surface area contributed by atoms with Gasteiger partial charge in [0.15, 0.2) is 0 Å². The number of hydrogen-bond donors (Lipinski definition) is 1. The summed E-state index contributed by atoms with van der Waals surface area (Å²) in [6.07, 6.45) is 3.72. The van der Waals surface area contributed by atoms with Crippen LogP contribution in [0.4, 0.5) is 0 Å². The number of aryl methyl sites for hydroxylation is 1. The summed E-state index contributed by atoms with van der Waals surface area (Å²) in [5.74, 6) is 0. The van der Waals surface area contributed by atoms with E-state index in [2.05, 4.69) is 30.8 Å². The minimum absolute atomic E-state index is 0.230. The number of hydrogen-bond acceptors (Lipinski definition) is 2. The second-order valence-electron chi connectivity index (χ2n) is 4.34.